The predicted octanol–water partition coefficient (Wildman–Crippen LogP) is 4.37. The molecule has 1 aliphatic carbocycles. The summed E-state index contributed by atoms with van der Waals surface area (Å²) >= 11 is 0. The van der Waals surface area contributed by atoms with E-state index in [0.717, 1.165) is 44.5 Å². The van der Waals surface area contributed by atoms with Crippen LogP contribution in [-0.2, 0) is 4.84 Å². The van der Waals surface area contributed by atoms with Crippen molar-refractivity contribution in [3.05, 3.63) is 35.7 Å². The van der Waals surface area contributed by atoms with Gasteiger partial charge in [-0.25, -0.2) is 0 Å². The Labute approximate surface area is 171 Å². The van der Waals surface area contributed by atoms with E-state index in [-0.39, 0.29) is 5.92 Å². The zero-order valence-electron chi connectivity index (χ0n) is 17.2. The van der Waals surface area contributed by atoms with Gasteiger partial charge in [0.2, 0.25) is 11.7 Å². The highest BCUT2D eigenvalue weighted by atomic mass is 16.7. The second-order valence-corrected chi connectivity index (χ2v) is 7.59. The first-order chi connectivity index (χ1) is 14.3. The molecule has 0 saturated carbocycles. The van der Waals surface area contributed by atoms with Gasteiger partial charge in [0, 0.05) is 18.7 Å². The molecule has 0 bridgehead atoms. The maximum atomic E-state index is 6.02. The van der Waals surface area contributed by atoms with E-state index in [9.17, 15) is 0 Å². The van der Waals surface area contributed by atoms with Gasteiger partial charge >= 0.3 is 0 Å². The van der Waals surface area contributed by atoms with E-state index in [1.165, 1.54) is 24.8 Å². The monoisotopic (exact) mass is 399 g/mol. The van der Waals surface area contributed by atoms with Gasteiger partial charge in [-0.3, -0.25) is 4.84 Å². The molecule has 0 spiro atoms. The van der Waals surface area contributed by atoms with Crippen LogP contribution in [0.15, 0.2) is 34.4 Å². The number of nitrogens with zero attached hydrogens (tertiary/aromatic N) is 3. The van der Waals surface area contributed by atoms with Crippen LogP contribution in [0.3, 0.4) is 0 Å². The van der Waals surface area contributed by atoms with Crippen LogP contribution in [0.1, 0.15) is 50.3 Å². The SMILES string of the molecule is COc1ccc(-c2noc(C3CCCN(OCCC4=CCCC4)C3)n2)cc1OC. The minimum atomic E-state index is 0.191. The molecule has 29 heavy (non-hydrogen) atoms. The molecule has 7 nitrogen and oxygen atoms in total. The van der Waals surface area contributed by atoms with E-state index in [4.69, 9.17) is 18.8 Å². The number of hydroxylamine groups is 2. The predicted molar refractivity (Wildman–Crippen MR) is 109 cm³/mol. The van der Waals surface area contributed by atoms with Crippen molar-refractivity contribution < 1.29 is 18.8 Å². The van der Waals surface area contributed by atoms with Gasteiger partial charge in [0.05, 0.1) is 26.7 Å². The molecule has 0 radical (unpaired) electrons. The summed E-state index contributed by atoms with van der Waals surface area (Å²) in [6.07, 6.45) is 9.22. The Morgan fingerprint density at radius 3 is 2.86 bits per heavy atom. The van der Waals surface area contributed by atoms with E-state index < -0.39 is 0 Å². The number of benzene rings is 1. The van der Waals surface area contributed by atoms with Crippen LogP contribution in [0.25, 0.3) is 11.4 Å². The molecule has 7 heteroatoms. The summed E-state index contributed by atoms with van der Waals surface area (Å²) in [6.45, 7) is 2.48. The van der Waals surface area contributed by atoms with Crippen molar-refractivity contribution in [2.24, 2.45) is 0 Å². The third-order valence-electron chi connectivity index (χ3n) is 5.65. The Morgan fingerprint density at radius 1 is 1.17 bits per heavy atom. The fourth-order valence-electron chi connectivity index (χ4n) is 4.03. The summed E-state index contributed by atoms with van der Waals surface area (Å²) in [5, 5.41) is 6.24. The van der Waals surface area contributed by atoms with Crippen LogP contribution in [-0.4, -0.2) is 49.1 Å². The lowest BCUT2D eigenvalue weighted by Crippen LogP contribution is -2.34. The highest BCUT2D eigenvalue weighted by Crippen LogP contribution is 2.33. The van der Waals surface area contributed by atoms with Crippen molar-refractivity contribution in [2.45, 2.75) is 44.4 Å². The summed E-state index contributed by atoms with van der Waals surface area (Å²) < 4.78 is 16.3. The Kier molecular flexibility index (Phi) is 6.46. The maximum absolute atomic E-state index is 6.02. The van der Waals surface area contributed by atoms with Crippen molar-refractivity contribution in [1.29, 1.82) is 0 Å². The molecule has 1 aliphatic heterocycles. The van der Waals surface area contributed by atoms with Crippen LogP contribution >= 0.6 is 0 Å². The van der Waals surface area contributed by atoms with E-state index >= 15 is 0 Å². The number of allylic oxidation sites excluding steroid dienone is 1. The number of methoxy groups -OCH3 is 2. The molecule has 156 valence electrons. The number of ether oxygens (including phenoxy) is 2. The molecule has 1 saturated heterocycles. The quantitative estimate of drug-likeness (QED) is 0.611. The first-order valence-electron chi connectivity index (χ1n) is 10.4. The summed E-state index contributed by atoms with van der Waals surface area (Å²) in [7, 11) is 3.23. The topological polar surface area (TPSA) is 69.9 Å². The van der Waals surface area contributed by atoms with Crippen LogP contribution in [0, 0.1) is 0 Å². The van der Waals surface area contributed by atoms with Gasteiger partial charge in [0.1, 0.15) is 0 Å². The van der Waals surface area contributed by atoms with Gasteiger partial charge < -0.3 is 14.0 Å². The fourth-order valence-corrected chi connectivity index (χ4v) is 4.03. The molecule has 1 fully saturated rings. The molecule has 1 aromatic carbocycles. The lowest BCUT2D eigenvalue weighted by molar-refractivity contribution is -0.172. The molecule has 1 atom stereocenters. The smallest absolute Gasteiger partial charge is 0.231 e. The molecule has 2 aliphatic rings. The third kappa shape index (κ3) is 4.79. The minimum Gasteiger partial charge on any atom is -0.493 e. The molecule has 4 rings (SSSR count). The van der Waals surface area contributed by atoms with E-state index in [1.807, 2.05) is 18.2 Å². The summed E-state index contributed by atoms with van der Waals surface area (Å²) in [6, 6.07) is 5.62. The third-order valence-corrected chi connectivity index (χ3v) is 5.65. The second-order valence-electron chi connectivity index (χ2n) is 7.59. The summed E-state index contributed by atoms with van der Waals surface area (Å²) in [4.78, 5) is 10.7. The second kappa shape index (κ2) is 9.41. The Balaban J connectivity index is 1.37. The van der Waals surface area contributed by atoms with Crippen molar-refractivity contribution in [2.75, 3.05) is 33.9 Å². The molecule has 0 amide bonds. The first-order valence-corrected chi connectivity index (χ1v) is 10.4. The molecular weight excluding hydrogens is 370 g/mol. The number of hydrogen-bond acceptors (Lipinski definition) is 7. The van der Waals surface area contributed by atoms with Gasteiger partial charge in [-0.1, -0.05) is 16.8 Å². The lowest BCUT2D eigenvalue weighted by Gasteiger charge is -2.30. The number of piperidine rings is 1. The number of hydrogen-bond donors (Lipinski definition) is 0. The molecule has 2 aromatic rings. The fraction of sp³-hybridized carbons (Fsp3) is 0.545. The summed E-state index contributed by atoms with van der Waals surface area (Å²) in [5.41, 5.74) is 2.38. The van der Waals surface area contributed by atoms with Crippen LogP contribution < -0.4 is 9.47 Å². The molecule has 0 N–H and O–H groups in total. The van der Waals surface area contributed by atoms with E-state index in [1.54, 1.807) is 14.2 Å². The van der Waals surface area contributed by atoms with Crippen molar-refractivity contribution in [3.8, 4) is 22.9 Å². The van der Waals surface area contributed by atoms with Crippen LogP contribution in [0.4, 0.5) is 0 Å². The lowest BCUT2D eigenvalue weighted by atomic mass is 9.99. The Bertz CT molecular complexity index is 848. The van der Waals surface area contributed by atoms with E-state index in [0.29, 0.717) is 23.2 Å². The van der Waals surface area contributed by atoms with Crippen LogP contribution in [0.5, 0.6) is 11.5 Å². The first kappa shape index (κ1) is 19.9. The Hall–Kier alpha value is -2.38. The Morgan fingerprint density at radius 2 is 2.07 bits per heavy atom. The minimum absolute atomic E-state index is 0.191. The van der Waals surface area contributed by atoms with Gasteiger partial charge in [0.25, 0.3) is 0 Å². The van der Waals surface area contributed by atoms with Crippen LogP contribution in [0.2, 0.25) is 0 Å². The average molecular weight is 399 g/mol. The highest BCUT2D eigenvalue weighted by molar-refractivity contribution is 5.60. The zero-order chi connectivity index (χ0) is 20.1. The molecule has 1 aromatic heterocycles. The van der Waals surface area contributed by atoms with Gasteiger partial charge in [-0.15, -0.1) is 0 Å². The van der Waals surface area contributed by atoms with Gasteiger partial charge in [-0.05, 0) is 56.7 Å². The average Bonchev–Trinajstić information content (AvgIpc) is 3.46. The van der Waals surface area contributed by atoms with Crippen molar-refractivity contribution in [3.63, 3.8) is 0 Å². The normalized spacial score (nSPS) is 19.9. The molecular formula is C22H29N3O4. The number of rotatable bonds is 8. The largest absolute Gasteiger partial charge is 0.493 e. The summed E-state index contributed by atoms with van der Waals surface area (Å²) in [5.74, 6) is 2.74. The van der Waals surface area contributed by atoms with E-state index in [2.05, 4.69) is 21.3 Å². The number of aromatic nitrogens is 2. The zero-order valence-corrected chi connectivity index (χ0v) is 17.2. The highest BCUT2D eigenvalue weighted by Gasteiger charge is 2.27. The van der Waals surface area contributed by atoms with Crippen molar-refractivity contribution in [1.82, 2.24) is 15.2 Å². The van der Waals surface area contributed by atoms with Crippen molar-refractivity contribution >= 4 is 0 Å². The van der Waals surface area contributed by atoms with Gasteiger partial charge in [-0.2, -0.15) is 10.0 Å². The maximum Gasteiger partial charge on any atom is 0.231 e. The molecule has 2 heterocycles. The molecule has 1 unspecified atom stereocenters. The standard InChI is InChI=1S/C22H29N3O4/c1-26-19-10-9-17(14-20(19)27-2)21-23-22(29-24-21)18-8-5-12-25(15-18)28-13-11-16-6-3-4-7-16/h6,9-10,14,18H,3-5,7-8,11-13,15H2,1-2H3. The van der Waals surface area contributed by atoms with Gasteiger partial charge in [0.15, 0.2) is 11.5 Å².